The molecule has 3 aromatic carbocycles. The smallest absolute Gasteiger partial charge is 0.311 e. The van der Waals surface area contributed by atoms with E-state index in [0.717, 1.165) is 17.4 Å². The number of methoxy groups -OCH3 is 1. The largest absolute Gasteiger partial charge is 0.490 e. The zero-order valence-electron chi connectivity index (χ0n) is 19.3. The van der Waals surface area contributed by atoms with Crippen LogP contribution in [0.25, 0.3) is 0 Å². The van der Waals surface area contributed by atoms with E-state index in [0.29, 0.717) is 11.3 Å². The van der Waals surface area contributed by atoms with Crippen molar-refractivity contribution in [1.82, 2.24) is 5.43 Å². The van der Waals surface area contributed by atoms with Gasteiger partial charge in [0, 0.05) is 17.2 Å². The molecule has 0 fully saturated rings. The predicted octanol–water partition coefficient (Wildman–Crippen LogP) is 3.64. The average molecular weight is 497 g/mol. The third-order valence-electron chi connectivity index (χ3n) is 5.17. The molecular formula is C24H24N4O6S. The maximum atomic E-state index is 12.4. The fourth-order valence-electron chi connectivity index (χ4n) is 3.28. The summed E-state index contributed by atoms with van der Waals surface area (Å²) in [4.78, 5) is 23.0. The third kappa shape index (κ3) is 6.42. The Morgan fingerprint density at radius 1 is 1.14 bits per heavy atom. The Morgan fingerprint density at radius 2 is 1.83 bits per heavy atom. The van der Waals surface area contributed by atoms with Crippen molar-refractivity contribution in [3.05, 3.63) is 99.1 Å². The van der Waals surface area contributed by atoms with Crippen LogP contribution in [0.1, 0.15) is 27.0 Å². The molecular weight excluding hydrogens is 472 g/mol. The summed E-state index contributed by atoms with van der Waals surface area (Å²) in [5.74, 6) is -0.414. The molecule has 0 aliphatic rings. The molecule has 35 heavy (non-hydrogen) atoms. The van der Waals surface area contributed by atoms with Crippen LogP contribution in [0.4, 0.5) is 11.4 Å². The van der Waals surface area contributed by atoms with E-state index >= 15 is 0 Å². The zero-order valence-corrected chi connectivity index (χ0v) is 20.2. The molecule has 1 N–H and O–H groups in total. The quantitative estimate of drug-likeness (QED) is 0.273. The van der Waals surface area contributed by atoms with Crippen LogP contribution in [0.5, 0.6) is 5.75 Å². The van der Waals surface area contributed by atoms with Crippen molar-refractivity contribution in [2.75, 3.05) is 17.7 Å². The number of anilines is 1. The van der Waals surface area contributed by atoms with Gasteiger partial charge in [0.2, 0.25) is 10.0 Å². The molecule has 1 amide bonds. The highest BCUT2D eigenvalue weighted by Crippen LogP contribution is 2.27. The van der Waals surface area contributed by atoms with Crippen LogP contribution in [0.2, 0.25) is 0 Å². The number of nitrogens with zero attached hydrogens (tertiary/aromatic N) is 3. The number of ether oxygens (including phenoxy) is 1. The van der Waals surface area contributed by atoms with Crippen LogP contribution >= 0.6 is 0 Å². The first-order chi connectivity index (χ1) is 16.6. The Hall–Kier alpha value is -4.25. The van der Waals surface area contributed by atoms with Crippen LogP contribution < -0.4 is 14.5 Å². The van der Waals surface area contributed by atoms with Gasteiger partial charge in [-0.15, -0.1) is 0 Å². The van der Waals surface area contributed by atoms with E-state index in [9.17, 15) is 23.3 Å². The molecule has 0 aliphatic heterocycles. The Kier molecular flexibility index (Phi) is 7.82. The van der Waals surface area contributed by atoms with Gasteiger partial charge < -0.3 is 4.74 Å². The number of hydrazone groups is 1. The highest BCUT2D eigenvalue weighted by atomic mass is 32.2. The number of nitro groups is 1. The lowest BCUT2D eigenvalue weighted by Gasteiger charge is -2.23. The van der Waals surface area contributed by atoms with Crippen molar-refractivity contribution in [3.63, 3.8) is 0 Å². The number of hydrogen-bond acceptors (Lipinski definition) is 7. The maximum Gasteiger partial charge on any atom is 0.311 e. The van der Waals surface area contributed by atoms with Crippen LogP contribution in [-0.4, -0.2) is 38.8 Å². The number of sulfonamides is 1. The van der Waals surface area contributed by atoms with Gasteiger partial charge in [0.15, 0.2) is 5.75 Å². The second-order valence-corrected chi connectivity index (χ2v) is 9.54. The van der Waals surface area contributed by atoms with Crippen LogP contribution in [-0.2, 0) is 16.6 Å². The molecule has 0 heterocycles. The van der Waals surface area contributed by atoms with Gasteiger partial charge in [-0.3, -0.25) is 19.2 Å². The monoisotopic (exact) mass is 496 g/mol. The number of rotatable bonds is 9. The SMILES string of the molecule is COc1ccc(/C=N\NC(=O)c2ccc(N(Cc3ccccc3C)S(C)(=O)=O)cc2)cc1[N+](=O)[O-]. The molecule has 0 aromatic heterocycles. The maximum absolute atomic E-state index is 12.4. The first-order valence-corrected chi connectivity index (χ1v) is 12.2. The van der Waals surface area contributed by atoms with Gasteiger partial charge in [0.1, 0.15) is 0 Å². The first kappa shape index (κ1) is 25.4. The first-order valence-electron chi connectivity index (χ1n) is 10.4. The summed E-state index contributed by atoms with van der Waals surface area (Å²) in [5, 5.41) is 15.0. The molecule has 0 saturated carbocycles. The molecule has 11 heteroatoms. The van der Waals surface area contributed by atoms with Crippen molar-refractivity contribution >= 4 is 33.5 Å². The van der Waals surface area contributed by atoms with Gasteiger partial charge in [-0.1, -0.05) is 24.3 Å². The zero-order chi connectivity index (χ0) is 25.6. The lowest BCUT2D eigenvalue weighted by atomic mass is 10.1. The predicted molar refractivity (Wildman–Crippen MR) is 133 cm³/mol. The highest BCUT2D eigenvalue weighted by Gasteiger charge is 2.19. The summed E-state index contributed by atoms with van der Waals surface area (Å²) in [6.45, 7) is 2.07. The van der Waals surface area contributed by atoms with Gasteiger partial charge in [-0.2, -0.15) is 5.10 Å². The van der Waals surface area contributed by atoms with Crippen molar-refractivity contribution in [2.24, 2.45) is 5.10 Å². The van der Waals surface area contributed by atoms with Gasteiger partial charge in [0.25, 0.3) is 5.91 Å². The fourth-order valence-corrected chi connectivity index (χ4v) is 4.16. The van der Waals surface area contributed by atoms with Crippen molar-refractivity contribution < 1.29 is 22.9 Å². The highest BCUT2D eigenvalue weighted by molar-refractivity contribution is 7.92. The van der Waals surface area contributed by atoms with Crippen molar-refractivity contribution in [3.8, 4) is 5.75 Å². The van der Waals surface area contributed by atoms with Crippen molar-refractivity contribution in [1.29, 1.82) is 0 Å². The summed E-state index contributed by atoms with van der Waals surface area (Å²) >= 11 is 0. The van der Waals surface area contributed by atoms with E-state index in [1.807, 2.05) is 31.2 Å². The molecule has 0 atom stereocenters. The normalized spacial score (nSPS) is 11.3. The lowest BCUT2D eigenvalue weighted by molar-refractivity contribution is -0.385. The van der Waals surface area contributed by atoms with Crippen molar-refractivity contribution in [2.45, 2.75) is 13.5 Å². The number of aryl methyl sites for hydroxylation is 1. The van der Waals surface area contributed by atoms with Gasteiger partial charge in [-0.05, 0) is 54.4 Å². The number of nitrogens with one attached hydrogen (secondary N) is 1. The second kappa shape index (κ2) is 10.8. The Bertz CT molecular complexity index is 1370. The van der Waals surface area contributed by atoms with E-state index in [1.54, 1.807) is 18.2 Å². The second-order valence-electron chi connectivity index (χ2n) is 7.63. The third-order valence-corrected chi connectivity index (χ3v) is 6.31. The number of benzene rings is 3. The average Bonchev–Trinajstić information content (AvgIpc) is 2.82. The lowest BCUT2D eigenvalue weighted by Crippen LogP contribution is -2.29. The molecule has 3 rings (SSSR count). The van der Waals surface area contributed by atoms with E-state index in [2.05, 4.69) is 10.5 Å². The van der Waals surface area contributed by atoms with Crippen LogP contribution in [0.3, 0.4) is 0 Å². The minimum Gasteiger partial charge on any atom is -0.490 e. The molecule has 0 unspecified atom stereocenters. The summed E-state index contributed by atoms with van der Waals surface area (Å²) in [7, 11) is -2.24. The minimum atomic E-state index is -3.57. The standard InChI is InChI=1S/C24H24N4O6S/c1-17-6-4-5-7-20(17)16-27(35(3,32)33)21-11-9-19(10-12-21)24(29)26-25-15-18-8-13-23(34-2)22(14-18)28(30)31/h4-15H,16H2,1-3H3,(H,26,29)/b25-15-. The molecule has 182 valence electrons. The Balaban J connectivity index is 1.73. The molecule has 0 spiro atoms. The molecule has 3 aromatic rings. The molecule has 0 radical (unpaired) electrons. The summed E-state index contributed by atoms with van der Waals surface area (Å²) < 4.78 is 31.1. The Morgan fingerprint density at radius 3 is 2.43 bits per heavy atom. The molecule has 0 saturated heterocycles. The van der Waals surface area contributed by atoms with Gasteiger partial charge >= 0.3 is 5.69 Å². The van der Waals surface area contributed by atoms with Gasteiger partial charge in [-0.25, -0.2) is 13.8 Å². The Labute approximate surface area is 203 Å². The van der Waals surface area contributed by atoms with E-state index < -0.39 is 20.9 Å². The summed E-state index contributed by atoms with van der Waals surface area (Å²) in [5.41, 5.74) is 5.04. The fraction of sp³-hybridized carbons (Fsp3) is 0.167. The number of nitro benzene ring substituents is 1. The van der Waals surface area contributed by atoms with E-state index in [-0.39, 0.29) is 23.5 Å². The summed E-state index contributed by atoms with van der Waals surface area (Å²) in [6.07, 6.45) is 2.40. The minimum absolute atomic E-state index is 0.113. The molecule has 10 nitrogen and oxygen atoms in total. The number of carbonyl (C=O) groups excluding carboxylic acids is 1. The number of hydrogen-bond donors (Lipinski definition) is 1. The van der Waals surface area contributed by atoms with Gasteiger partial charge in [0.05, 0.1) is 36.7 Å². The van der Waals surface area contributed by atoms with Crippen LogP contribution in [0.15, 0.2) is 71.8 Å². The molecule has 0 bridgehead atoms. The number of carbonyl (C=O) groups is 1. The van der Waals surface area contributed by atoms with E-state index in [4.69, 9.17) is 4.74 Å². The van der Waals surface area contributed by atoms with E-state index in [1.165, 1.54) is 41.9 Å². The van der Waals surface area contributed by atoms with Crippen LogP contribution in [0, 0.1) is 17.0 Å². The topological polar surface area (TPSA) is 131 Å². The molecule has 0 aliphatic carbocycles. The summed E-state index contributed by atoms with van der Waals surface area (Å²) in [6, 6.07) is 17.9. The number of amides is 1.